The summed E-state index contributed by atoms with van der Waals surface area (Å²) < 4.78 is 6.22. The Hall–Kier alpha value is -0.860. The molecule has 0 radical (unpaired) electrons. The predicted molar refractivity (Wildman–Crippen MR) is 80.5 cm³/mol. The van der Waals surface area contributed by atoms with Crippen molar-refractivity contribution in [3.63, 3.8) is 0 Å². The number of ether oxygens (including phenoxy) is 1. The minimum Gasteiger partial charge on any atom is -0.372 e. The van der Waals surface area contributed by atoms with Crippen LogP contribution < -0.4 is 5.32 Å². The van der Waals surface area contributed by atoms with Gasteiger partial charge in [0.05, 0.1) is 12.7 Å². The van der Waals surface area contributed by atoms with Gasteiger partial charge in [-0.15, -0.1) is 0 Å². The Bertz CT molecular complexity index is 423. The van der Waals surface area contributed by atoms with Gasteiger partial charge in [0, 0.05) is 18.5 Å². The van der Waals surface area contributed by atoms with Gasteiger partial charge in [0.1, 0.15) is 0 Å². The van der Waals surface area contributed by atoms with Gasteiger partial charge in [-0.2, -0.15) is 0 Å². The highest BCUT2D eigenvalue weighted by Gasteiger charge is 2.31. The van der Waals surface area contributed by atoms with Crippen molar-refractivity contribution in [3.05, 3.63) is 34.9 Å². The van der Waals surface area contributed by atoms with Crippen LogP contribution in [0.3, 0.4) is 0 Å². The summed E-state index contributed by atoms with van der Waals surface area (Å²) in [5.41, 5.74) is 4.32. The maximum absolute atomic E-state index is 6.22. The normalized spacial score (nSPS) is 23.1. The van der Waals surface area contributed by atoms with Gasteiger partial charge < -0.3 is 10.1 Å². The summed E-state index contributed by atoms with van der Waals surface area (Å²) in [7, 11) is 0. The van der Waals surface area contributed by atoms with Crippen LogP contribution in [-0.4, -0.2) is 19.7 Å². The molecule has 0 spiro atoms. The van der Waals surface area contributed by atoms with Crippen molar-refractivity contribution in [3.8, 4) is 0 Å². The zero-order valence-corrected chi connectivity index (χ0v) is 12.8. The molecular formula is C17H27NO. The van der Waals surface area contributed by atoms with Gasteiger partial charge >= 0.3 is 0 Å². The lowest BCUT2D eigenvalue weighted by Crippen LogP contribution is -2.34. The van der Waals surface area contributed by atoms with E-state index in [0.717, 1.165) is 19.7 Å². The molecule has 0 bridgehead atoms. The van der Waals surface area contributed by atoms with E-state index in [9.17, 15) is 0 Å². The highest BCUT2D eigenvalue weighted by molar-refractivity contribution is 5.31. The van der Waals surface area contributed by atoms with Gasteiger partial charge in [-0.05, 0) is 43.4 Å². The SMILES string of the molecule is CCC1(CC)CNCC(c2ccc(C)c(C)c2)OC1. The van der Waals surface area contributed by atoms with Crippen LogP contribution in [-0.2, 0) is 4.74 Å². The summed E-state index contributed by atoms with van der Waals surface area (Å²) in [5.74, 6) is 0. The average molecular weight is 261 g/mol. The largest absolute Gasteiger partial charge is 0.372 e. The van der Waals surface area contributed by atoms with Gasteiger partial charge in [0.25, 0.3) is 0 Å². The molecule has 1 unspecified atom stereocenters. The minimum atomic E-state index is 0.194. The summed E-state index contributed by atoms with van der Waals surface area (Å²) in [6, 6.07) is 6.68. The number of benzene rings is 1. The first-order valence-corrected chi connectivity index (χ1v) is 7.49. The highest BCUT2D eigenvalue weighted by atomic mass is 16.5. The molecule has 1 saturated heterocycles. The molecule has 0 aliphatic carbocycles. The molecule has 0 saturated carbocycles. The van der Waals surface area contributed by atoms with E-state index >= 15 is 0 Å². The first-order chi connectivity index (χ1) is 9.10. The fourth-order valence-corrected chi connectivity index (χ4v) is 2.74. The van der Waals surface area contributed by atoms with Crippen LogP contribution in [0.5, 0.6) is 0 Å². The van der Waals surface area contributed by atoms with Crippen LogP contribution in [0.25, 0.3) is 0 Å². The van der Waals surface area contributed by atoms with Crippen molar-refractivity contribution < 1.29 is 4.74 Å². The van der Waals surface area contributed by atoms with Crippen molar-refractivity contribution >= 4 is 0 Å². The summed E-state index contributed by atoms with van der Waals surface area (Å²) in [6.07, 6.45) is 2.55. The summed E-state index contributed by atoms with van der Waals surface area (Å²) >= 11 is 0. The van der Waals surface area contributed by atoms with E-state index in [-0.39, 0.29) is 6.10 Å². The Kier molecular flexibility index (Phi) is 4.64. The van der Waals surface area contributed by atoms with Crippen LogP contribution in [0.2, 0.25) is 0 Å². The molecule has 2 nitrogen and oxygen atoms in total. The van der Waals surface area contributed by atoms with Crippen LogP contribution in [0, 0.1) is 19.3 Å². The molecule has 1 aromatic rings. The van der Waals surface area contributed by atoms with Gasteiger partial charge in [0.15, 0.2) is 0 Å². The average Bonchev–Trinajstić information content (AvgIpc) is 2.65. The second-order valence-electron chi connectivity index (χ2n) is 5.98. The lowest BCUT2D eigenvalue weighted by atomic mass is 9.83. The van der Waals surface area contributed by atoms with Gasteiger partial charge in [-0.1, -0.05) is 32.0 Å². The number of hydrogen-bond acceptors (Lipinski definition) is 2. The lowest BCUT2D eigenvalue weighted by Gasteiger charge is -2.29. The molecule has 1 atom stereocenters. The van der Waals surface area contributed by atoms with Crippen molar-refractivity contribution in [2.45, 2.75) is 46.6 Å². The second-order valence-corrected chi connectivity index (χ2v) is 5.98. The molecule has 1 heterocycles. The predicted octanol–water partition coefficient (Wildman–Crippen LogP) is 3.77. The molecule has 1 aliphatic heterocycles. The third kappa shape index (κ3) is 3.18. The highest BCUT2D eigenvalue weighted by Crippen LogP contribution is 2.31. The van der Waals surface area contributed by atoms with E-state index in [1.165, 1.54) is 29.5 Å². The molecule has 1 aromatic carbocycles. The third-order valence-corrected chi connectivity index (χ3v) is 4.82. The van der Waals surface area contributed by atoms with Crippen LogP contribution in [0.1, 0.15) is 49.5 Å². The Morgan fingerprint density at radius 2 is 1.95 bits per heavy atom. The zero-order valence-electron chi connectivity index (χ0n) is 12.8. The first-order valence-electron chi connectivity index (χ1n) is 7.49. The molecule has 19 heavy (non-hydrogen) atoms. The molecule has 0 aromatic heterocycles. The van der Waals surface area contributed by atoms with Crippen molar-refractivity contribution in [1.82, 2.24) is 5.32 Å². The monoisotopic (exact) mass is 261 g/mol. The topological polar surface area (TPSA) is 21.3 Å². The number of aryl methyl sites for hydroxylation is 2. The maximum Gasteiger partial charge on any atom is 0.0949 e. The van der Waals surface area contributed by atoms with E-state index in [0.29, 0.717) is 5.41 Å². The van der Waals surface area contributed by atoms with Crippen LogP contribution in [0.15, 0.2) is 18.2 Å². The number of nitrogens with one attached hydrogen (secondary N) is 1. The standard InChI is InChI=1S/C17H27NO/c1-5-17(6-2)11-18-10-16(19-12-17)15-8-7-13(3)14(4)9-15/h7-9,16,18H,5-6,10-12H2,1-4H3. The quantitative estimate of drug-likeness (QED) is 0.894. The molecular weight excluding hydrogens is 234 g/mol. The first kappa shape index (κ1) is 14.5. The van der Waals surface area contributed by atoms with Crippen LogP contribution >= 0.6 is 0 Å². The summed E-state index contributed by atoms with van der Waals surface area (Å²) in [5, 5.41) is 3.60. The molecule has 0 amide bonds. The smallest absolute Gasteiger partial charge is 0.0949 e. The molecule has 2 rings (SSSR count). The number of hydrogen-bond donors (Lipinski definition) is 1. The van der Waals surface area contributed by atoms with Crippen molar-refractivity contribution in [1.29, 1.82) is 0 Å². The Morgan fingerprint density at radius 3 is 2.58 bits per heavy atom. The Balaban J connectivity index is 2.12. The lowest BCUT2D eigenvalue weighted by molar-refractivity contribution is 0.0102. The molecule has 1 aliphatic rings. The summed E-state index contributed by atoms with van der Waals surface area (Å²) in [4.78, 5) is 0. The Morgan fingerprint density at radius 1 is 1.21 bits per heavy atom. The van der Waals surface area contributed by atoms with Crippen molar-refractivity contribution in [2.75, 3.05) is 19.7 Å². The fourth-order valence-electron chi connectivity index (χ4n) is 2.74. The fraction of sp³-hybridized carbons (Fsp3) is 0.647. The van der Waals surface area contributed by atoms with Gasteiger partial charge in [-0.25, -0.2) is 0 Å². The second kappa shape index (κ2) is 6.06. The molecule has 2 heteroatoms. The van der Waals surface area contributed by atoms with E-state index < -0.39 is 0 Å². The minimum absolute atomic E-state index is 0.194. The third-order valence-electron chi connectivity index (χ3n) is 4.82. The zero-order chi connectivity index (χ0) is 13.9. The van der Waals surface area contributed by atoms with Crippen molar-refractivity contribution in [2.24, 2.45) is 5.41 Å². The van der Waals surface area contributed by atoms with E-state index in [2.05, 4.69) is 51.2 Å². The maximum atomic E-state index is 6.22. The summed E-state index contributed by atoms with van der Waals surface area (Å²) in [6.45, 7) is 11.7. The van der Waals surface area contributed by atoms with E-state index in [4.69, 9.17) is 4.74 Å². The van der Waals surface area contributed by atoms with Crippen LogP contribution in [0.4, 0.5) is 0 Å². The van der Waals surface area contributed by atoms with Gasteiger partial charge in [0.2, 0.25) is 0 Å². The molecule has 1 fully saturated rings. The van der Waals surface area contributed by atoms with E-state index in [1.807, 2.05) is 0 Å². The number of rotatable bonds is 3. The molecule has 106 valence electrons. The van der Waals surface area contributed by atoms with E-state index in [1.54, 1.807) is 0 Å². The molecule has 1 N–H and O–H groups in total. The Labute approximate surface area is 117 Å². The van der Waals surface area contributed by atoms with Gasteiger partial charge in [-0.3, -0.25) is 0 Å².